The molecule has 0 spiro atoms. The second-order valence-corrected chi connectivity index (χ2v) is 6.28. The molecule has 0 aliphatic rings. The molecule has 1 aromatic heterocycles. The zero-order valence-corrected chi connectivity index (χ0v) is 14.5. The Balaban J connectivity index is 2.00. The molecule has 1 amide bonds. The van der Waals surface area contributed by atoms with Crippen LogP contribution >= 0.6 is 0 Å². The van der Waals surface area contributed by atoms with Gasteiger partial charge in [-0.2, -0.15) is 4.68 Å². The van der Waals surface area contributed by atoms with Crippen molar-refractivity contribution in [2.75, 3.05) is 20.6 Å². The van der Waals surface area contributed by atoms with Crippen LogP contribution in [0.15, 0.2) is 39.5 Å². The van der Waals surface area contributed by atoms with Gasteiger partial charge < -0.3 is 14.6 Å². The van der Waals surface area contributed by atoms with E-state index in [-0.39, 0.29) is 24.4 Å². The number of carbonyl (C=O) groups is 1. The van der Waals surface area contributed by atoms with Gasteiger partial charge in [0.25, 0.3) is 0 Å². The molecule has 24 heavy (non-hydrogen) atoms. The molecule has 0 saturated carbocycles. The fraction of sp³-hybridized carbons (Fsp3) is 0.471. The standard InChI is InChI=1S/C17H24N4O3/c1-12(2)14(20(3)4)10-18-15(22)11-21-17(23)24-16(19-21)13-8-6-5-7-9-13/h5-9,12,14H,10-11H2,1-4H3,(H,18,22)/t14-/m1/s1. The lowest BCUT2D eigenvalue weighted by Crippen LogP contribution is -2.44. The molecule has 0 unspecified atom stereocenters. The quantitative estimate of drug-likeness (QED) is 0.824. The van der Waals surface area contributed by atoms with Gasteiger partial charge in [-0.1, -0.05) is 32.0 Å². The smallest absolute Gasteiger partial charge is 0.388 e. The lowest BCUT2D eigenvalue weighted by molar-refractivity contribution is -0.122. The molecule has 7 nitrogen and oxygen atoms in total. The van der Waals surface area contributed by atoms with E-state index in [1.165, 1.54) is 0 Å². The van der Waals surface area contributed by atoms with E-state index in [0.29, 0.717) is 18.0 Å². The number of likely N-dealkylation sites (N-methyl/N-ethyl adjacent to an activating group) is 1. The number of carbonyl (C=O) groups excluding carboxylic acids is 1. The Morgan fingerprint density at radius 1 is 1.29 bits per heavy atom. The van der Waals surface area contributed by atoms with Crippen LogP contribution in [0.25, 0.3) is 11.5 Å². The van der Waals surface area contributed by atoms with Crippen LogP contribution in [-0.2, 0) is 11.3 Å². The summed E-state index contributed by atoms with van der Waals surface area (Å²) in [6, 6.07) is 9.33. The molecule has 130 valence electrons. The van der Waals surface area contributed by atoms with Gasteiger partial charge in [0, 0.05) is 18.2 Å². The molecule has 1 N–H and O–H groups in total. The first kappa shape index (κ1) is 17.9. The summed E-state index contributed by atoms with van der Waals surface area (Å²) in [6.07, 6.45) is 0. The molecular weight excluding hydrogens is 308 g/mol. The van der Waals surface area contributed by atoms with Crippen molar-refractivity contribution in [2.45, 2.75) is 26.4 Å². The molecule has 0 radical (unpaired) electrons. The highest BCUT2D eigenvalue weighted by atomic mass is 16.4. The van der Waals surface area contributed by atoms with E-state index in [4.69, 9.17) is 4.42 Å². The first-order chi connectivity index (χ1) is 11.4. The van der Waals surface area contributed by atoms with Gasteiger partial charge in [-0.05, 0) is 32.1 Å². The van der Waals surface area contributed by atoms with Crippen LogP contribution in [0.1, 0.15) is 13.8 Å². The zero-order valence-electron chi connectivity index (χ0n) is 14.5. The Morgan fingerprint density at radius 3 is 2.54 bits per heavy atom. The number of nitrogens with one attached hydrogen (secondary N) is 1. The molecule has 2 rings (SSSR count). The molecule has 0 aliphatic heterocycles. The van der Waals surface area contributed by atoms with E-state index in [1.807, 2.05) is 32.3 Å². The number of hydrogen-bond donors (Lipinski definition) is 1. The summed E-state index contributed by atoms with van der Waals surface area (Å²) < 4.78 is 6.15. The van der Waals surface area contributed by atoms with Gasteiger partial charge in [-0.3, -0.25) is 4.79 Å². The minimum atomic E-state index is -0.642. The summed E-state index contributed by atoms with van der Waals surface area (Å²) in [4.78, 5) is 26.0. The summed E-state index contributed by atoms with van der Waals surface area (Å²) in [6.45, 7) is 4.56. The van der Waals surface area contributed by atoms with Crippen molar-refractivity contribution in [3.8, 4) is 11.5 Å². The highest BCUT2D eigenvalue weighted by Crippen LogP contribution is 2.13. The number of rotatable bonds is 7. The normalized spacial score (nSPS) is 12.6. The van der Waals surface area contributed by atoms with Crippen LogP contribution in [0.5, 0.6) is 0 Å². The fourth-order valence-corrected chi connectivity index (χ4v) is 2.53. The molecule has 0 fully saturated rings. The molecule has 0 aliphatic carbocycles. The Kier molecular flexibility index (Phi) is 5.92. The maximum Gasteiger partial charge on any atom is 0.437 e. The summed E-state index contributed by atoms with van der Waals surface area (Å²) in [5.41, 5.74) is 0.696. The van der Waals surface area contributed by atoms with Crippen molar-refractivity contribution in [1.29, 1.82) is 0 Å². The molecule has 0 saturated heterocycles. The van der Waals surface area contributed by atoms with Gasteiger partial charge in [-0.15, -0.1) is 5.10 Å². The van der Waals surface area contributed by atoms with Crippen molar-refractivity contribution >= 4 is 5.91 Å². The van der Waals surface area contributed by atoms with Crippen LogP contribution in [0.2, 0.25) is 0 Å². The van der Waals surface area contributed by atoms with Crippen molar-refractivity contribution < 1.29 is 9.21 Å². The molecule has 1 heterocycles. The van der Waals surface area contributed by atoms with Gasteiger partial charge in [-0.25, -0.2) is 4.79 Å². The van der Waals surface area contributed by atoms with Crippen LogP contribution < -0.4 is 11.1 Å². The summed E-state index contributed by atoms with van der Waals surface area (Å²) >= 11 is 0. The van der Waals surface area contributed by atoms with Crippen LogP contribution in [0.4, 0.5) is 0 Å². The lowest BCUT2D eigenvalue weighted by Gasteiger charge is -2.28. The van der Waals surface area contributed by atoms with Crippen LogP contribution in [-0.4, -0.2) is 47.3 Å². The third-order valence-electron chi connectivity index (χ3n) is 3.86. The molecule has 7 heteroatoms. The molecule has 1 aromatic carbocycles. The SMILES string of the molecule is CC(C)[C@@H](CNC(=O)Cn1nc(-c2ccccc2)oc1=O)N(C)C. The highest BCUT2D eigenvalue weighted by Gasteiger charge is 2.18. The number of benzene rings is 1. The maximum absolute atomic E-state index is 12.1. The highest BCUT2D eigenvalue weighted by molar-refractivity contribution is 5.75. The topological polar surface area (TPSA) is 80.4 Å². The van der Waals surface area contributed by atoms with Crippen molar-refractivity contribution in [3.05, 3.63) is 40.9 Å². The van der Waals surface area contributed by atoms with E-state index in [2.05, 4.69) is 29.2 Å². The third-order valence-corrected chi connectivity index (χ3v) is 3.86. The summed E-state index contributed by atoms with van der Waals surface area (Å²) in [5.74, 6) is -0.295. The van der Waals surface area contributed by atoms with Gasteiger partial charge in [0.05, 0.1) is 0 Å². The summed E-state index contributed by atoms with van der Waals surface area (Å²) in [5, 5.41) is 6.93. The Labute approximate surface area is 141 Å². The first-order valence-corrected chi connectivity index (χ1v) is 7.95. The van der Waals surface area contributed by atoms with E-state index in [0.717, 1.165) is 4.68 Å². The molecular formula is C17H24N4O3. The minimum Gasteiger partial charge on any atom is -0.388 e. The Morgan fingerprint density at radius 2 is 1.96 bits per heavy atom. The second-order valence-electron chi connectivity index (χ2n) is 6.28. The largest absolute Gasteiger partial charge is 0.437 e. The lowest BCUT2D eigenvalue weighted by atomic mass is 10.0. The number of aromatic nitrogens is 2. The number of hydrogen-bond acceptors (Lipinski definition) is 5. The van der Waals surface area contributed by atoms with Crippen molar-refractivity contribution in [3.63, 3.8) is 0 Å². The fourth-order valence-electron chi connectivity index (χ4n) is 2.53. The van der Waals surface area contributed by atoms with Gasteiger partial charge in [0.15, 0.2) is 0 Å². The Bertz CT molecular complexity index is 711. The van der Waals surface area contributed by atoms with E-state index >= 15 is 0 Å². The molecule has 2 aromatic rings. The average molecular weight is 332 g/mol. The first-order valence-electron chi connectivity index (χ1n) is 7.95. The van der Waals surface area contributed by atoms with Gasteiger partial charge >= 0.3 is 5.76 Å². The predicted octanol–water partition coefficient (Wildman–Crippen LogP) is 1.21. The number of amides is 1. The average Bonchev–Trinajstić information content (AvgIpc) is 2.88. The minimum absolute atomic E-state index is 0.159. The predicted molar refractivity (Wildman–Crippen MR) is 91.5 cm³/mol. The van der Waals surface area contributed by atoms with Crippen molar-refractivity contribution in [1.82, 2.24) is 20.0 Å². The van der Waals surface area contributed by atoms with E-state index < -0.39 is 5.76 Å². The van der Waals surface area contributed by atoms with Crippen LogP contribution in [0.3, 0.4) is 0 Å². The Hall–Kier alpha value is -2.41. The van der Waals surface area contributed by atoms with E-state index in [9.17, 15) is 9.59 Å². The third kappa shape index (κ3) is 4.55. The molecule has 0 bridgehead atoms. The van der Waals surface area contributed by atoms with Crippen LogP contribution in [0, 0.1) is 5.92 Å². The zero-order chi connectivity index (χ0) is 17.7. The maximum atomic E-state index is 12.1. The monoisotopic (exact) mass is 332 g/mol. The van der Waals surface area contributed by atoms with Gasteiger partial charge in [0.2, 0.25) is 11.8 Å². The molecule has 1 atom stereocenters. The number of nitrogens with zero attached hydrogens (tertiary/aromatic N) is 3. The summed E-state index contributed by atoms with van der Waals surface area (Å²) in [7, 11) is 3.95. The van der Waals surface area contributed by atoms with E-state index in [1.54, 1.807) is 12.1 Å². The second kappa shape index (κ2) is 7.92. The van der Waals surface area contributed by atoms with Gasteiger partial charge in [0.1, 0.15) is 6.54 Å². The van der Waals surface area contributed by atoms with Crippen molar-refractivity contribution in [2.24, 2.45) is 5.92 Å².